The van der Waals surface area contributed by atoms with E-state index in [2.05, 4.69) is 27.1 Å². The lowest BCUT2D eigenvalue weighted by molar-refractivity contribution is 0.0856. The molecule has 154 valence electrons. The molecular formula is C20H31N5O3. The molecule has 8 heteroatoms. The van der Waals surface area contributed by atoms with E-state index in [0.717, 1.165) is 25.2 Å². The molecule has 0 radical (unpaired) electrons. The van der Waals surface area contributed by atoms with Gasteiger partial charge in [0.15, 0.2) is 0 Å². The smallest absolute Gasteiger partial charge is 0.409 e. The van der Waals surface area contributed by atoms with E-state index in [1.165, 1.54) is 6.42 Å². The second kappa shape index (κ2) is 9.21. The Bertz CT molecular complexity index is 703. The summed E-state index contributed by atoms with van der Waals surface area (Å²) in [6.45, 7) is 9.34. The van der Waals surface area contributed by atoms with E-state index in [1.54, 1.807) is 17.9 Å². The molecule has 2 aliphatic rings. The summed E-state index contributed by atoms with van der Waals surface area (Å²) in [7, 11) is 0. The molecular weight excluding hydrogens is 358 g/mol. The first-order valence-corrected chi connectivity index (χ1v) is 10.3. The Morgan fingerprint density at radius 3 is 2.64 bits per heavy atom. The first kappa shape index (κ1) is 20.4. The van der Waals surface area contributed by atoms with Crippen molar-refractivity contribution in [3.05, 3.63) is 17.5 Å². The molecule has 0 aliphatic carbocycles. The van der Waals surface area contributed by atoms with Gasteiger partial charge in [-0.15, -0.1) is 0 Å². The minimum absolute atomic E-state index is 0.0342. The molecule has 2 saturated heterocycles. The third-order valence-corrected chi connectivity index (χ3v) is 5.37. The van der Waals surface area contributed by atoms with Gasteiger partial charge in [-0.05, 0) is 51.5 Å². The van der Waals surface area contributed by atoms with Crippen LogP contribution in [0.15, 0.2) is 6.07 Å². The lowest BCUT2D eigenvalue weighted by Crippen LogP contribution is -2.47. The molecule has 2 fully saturated rings. The quantitative estimate of drug-likeness (QED) is 0.851. The molecule has 3 rings (SSSR count). The van der Waals surface area contributed by atoms with Crippen molar-refractivity contribution in [1.29, 1.82) is 0 Å². The summed E-state index contributed by atoms with van der Waals surface area (Å²) < 4.78 is 5.04. The average Bonchev–Trinajstić information content (AvgIpc) is 2.68. The molecule has 8 nitrogen and oxygen atoms in total. The molecule has 1 aromatic rings. The van der Waals surface area contributed by atoms with Crippen molar-refractivity contribution < 1.29 is 14.3 Å². The van der Waals surface area contributed by atoms with Crippen LogP contribution in [-0.4, -0.2) is 65.7 Å². The SMILES string of the molecule is CCOC(=O)N1CCC(NC(=O)c2cc(C)nc(N3CCCC(C)C3)n2)CC1. The fourth-order valence-corrected chi connectivity index (χ4v) is 3.86. The highest BCUT2D eigenvalue weighted by molar-refractivity contribution is 5.92. The molecule has 2 aliphatic heterocycles. The summed E-state index contributed by atoms with van der Waals surface area (Å²) in [6, 6.07) is 1.77. The van der Waals surface area contributed by atoms with Gasteiger partial charge in [-0.3, -0.25) is 4.79 Å². The Hall–Kier alpha value is -2.38. The van der Waals surface area contributed by atoms with Gasteiger partial charge in [-0.25, -0.2) is 14.8 Å². The van der Waals surface area contributed by atoms with Crippen LogP contribution in [0.5, 0.6) is 0 Å². The molecule has 3 heterocycles. The topological polar surface area (TPSA) is 87.7 Å². The number of rotatable bonds is 4. The summed E-state index contributed by atoms with van der Waals surface area (Å²) in [5.41, 5.74) is 1.21. The second-order valence-electron chi connectivity index (χ2n) is 7.82. The summed E-state index contributed by atoms with van der Waals surface area (Å²) in [6.07, 6.45) is 3.49. The molecule has 0 spiro atoms. The Kier molecular flexibility index (Phi) is 6.70. The normalized spacial score (nSPS) is 20.8. The largest absolute Gasteiger partial charge is 0.450 e. The van der Waals surface area contributed by atoms with Crippen LogP contribution in [0.1, 0.15) is 55.7 Å². The van der Waals surface area contributed by atoms with E-state index >= 15 is 0 Å². The molecule has 1 unspecified atom stereocenters. The van der Waals surface area contributed by atoms with Crippen molar-refractivity contribution >= 4 is 17.9 Å². The number of carbonyl (C=O) groups excluding carboxylic acids is 2. The number of aromatic nitrogens is 2. The van der Waals surface area contributed by atoms with Crippen LogP contribution in [0.25, 0.3) is 0 Å². The van der Waals surface area contributed by atoms with Crippen LogP contribution in [0, 0.1) is 12.8 Å². The predicted molar refractivity (Wildman–Crippen MR) is 106 cm³/mol. The Labute approximate surface area is 166 Å². The molecule has 1 aromatic heterocycles. The van der Waals surface area contributed by atoms with Gasteiger partial charge in [0.25, 0.3) is 5.91 Å². The van der Waals surface area contributed by atoms with Crippen molar-refractivity contribution in [3.63, 3.8) is 0 Å². The molecule has 1 atom stereocenters. The zero-order valence-corrected chi connectivity index (χ0v) is 17.1. The second-order valence-corrected chi connectivity index (χ2v) is 7.82. The summed E-state index contributed by atoms with van der Waals surface area (Å²) in [4.78, 5) is 37.5. The number of piperidine rings is 2. The molecule has 1 N–H and O–H groups in total. The average molecular weight is 390 g/mol. The van der Waals surface area contributed by atoms with Crippen LogP contribution < -0.4 is 10.2 Å². The molecule has 2 amide bonds. The van der Waals surface area contributed by atoms with Crippen molar-refractivity contribution in [3.8, 4) is 0 Å². The number of likely N-dealkylation sites (tertiary alicyclic amines) is 1. The van der Waals surface area contributed by atoms with Gasteiger partial charge in [0.05, 0.1) is 6.61 Å². The van der Waals surface area contributed by atoms with Gasteiger partial charge in [0.2, 0.25) is 5.95 Å². The molecule has 0 bridgehead atoms. The van der Waals surface area contributed by atoms with Gasteiger partial charge in [0, 0.05) is 37.9 Å². The van der Waals surface area contributed by atoms with E-state index in [9.17, 15) is 9.59 Å². The van der Waals surface area contributed by atoms with Crippen LogP contribution in [0.2, 0.25) is 0 Å². The number of nitrogens with one attached hydrogen (secondary N) is 1. The van der Waals surface area contributed by atoms with E-state index in [0.29, 0.717) is 50.1 Å². The fraction of sp³-hybridized carbons (Fsp3) is 0.700. The van der Waals surface area contributed by atoms with E-state index in [4.69, 9.17) is 4.74 Å². The maximum atomic E-state index is 12.8. The Morgan fingerprint density at radius 2 is 1.96 bits per heavy atom. The first-order chi connectivity index (χ1) is 13.5. The third kappa shape index (κ3) is 5.11. The lowest BCUT2D eigenvalue weighted by Gasteiger charge is -2.32. The maximum absolute atomic E-state index is 12.8. The highest BCUT2D eigenvalue weighted by atomic mass is 16.6. The monoisotopic (exact) mass is 389 g/mol. The number of ether oxygens (including phenoxy) is 1. The van der Waals surface area contributed by atoms with Crippen molar-refractivity contribution in [1.82, 2.24) is 20.2 Å². The lowest BCUT2D eigenvalue weighted by atomic mass is 10.0. The summed E-state index contributed by atoms with van der Waals surface area (Å²) in [5.74, 6) is 1.08. The van der Waals surface area contributed by atoms with Gasteiger partial charge in [-0.2, -0.15) is 0 Å². The minimum Gasteiger partial charge on any atom is -0.450 e. The number of hydrogen-bond acceptors (Lipinski definition) is 6. The zero-order chi connectivity index (χ0) is 20.1. The minimum atomic E-state index is -0.279. The van der Waals surface area contributed by atoms with Gasteiger partial charge in [0.1, 0.15) is 5.69 Å². The van der Waals surface area contributed by atoms with Gasteiger partial charge >= 0.3 is 6.09 Å². The number of nitrogens with zero attached hydrogens (tertiary/aromatic N) is 4. The van der Waals surface area contributed by atoms with Crippen LogP contribution >= 0.6 is 0 Å². The number of anilines is 1. The Balaban J connectivity index is 1.59. The standard InChI is InChI=1S/C20H31N5O3/c1-4-28-20(27)24-10-7-16(8-11-24)22-18(26)17-12-15(3)21-19(23-17)25-9-5-6-14(2)13-25/h12,14,16H,4-11,13H2,1-3H3,(H,22,26). The highest BCUT2D eigenvalue weighted by Crippen LogP contribution is 2.21. The van der Waals surface area contributed by atoms with Crippen molar-refractivity contribution in [2.45, 2.75) is 52.5 Å². The van der Waals surface area contributed by atoms with E-state index in [-0.39, 0.29) is 18.0 Å². The highest BCUT2D eigenvalue weighted by Gasteiger charge is 2.26. The van der Waals surface area contributed by atoms with Crippen LogP contribution in [0.3, 0.4) is 0 Å². The predicted octanol–water partition coefficient (Wildman–Crippen LogP) is 2.37. The zero-order valence-electron chi connectivity index (χ0n) is 17.1. The third-order valence-electron chi connectivity index (χ3n) is 5.37. The first-order valence-electron chi connectivity index (χ1n) is 10.3. The van der Waals surface area contributed by atoms with Crippen molar-refractivity contribution in [2.75, 3.05) is 37.7 Å². The molecule has 0 saturated carbocycles. The fourth-order valence-electron chi connectivity index (χ4n) is 3.86. The molecule has 28 heavy (non-hydrogen) atoms. The van der Waals surface area contributed by atoms with Crippen LogP contribution in [-0.2, 0) is 4.74 Å². The molecule has 0 aromatic carbocycles. The van der Waals surface area contributed by atoms with Gasteiger partial charge in [-0.1, -0.05) is 6.92 Å². The maximum Gasteiger partial charge on any atom is 0.409 e. The number of aryl methyl sites for hydroxylation is 1. The summed E-state index contributed by atoms with van der Waals surface area (Å²) in [5, 5.41) is 3.07. The Morgan fingerprint density at radius 1 is 1.21 bits per heavy atom. The summed E-state index contributed by atoms with van der Waals surface area (Å²) >= 11 is 0. The number of amides is 2. The van der Waals surface area contributed by atoms with Crippen LogP contribution in [0.4, 0.5) is 10.7 Å². The van der Waals surface area contributed by atoms with Crippen molar-refractivity contribution in [2.24, 2.45) is 5.92 Å². The van der Waals surface area contributed by atoms with E-state index in [1.807, 2.05) is 6.92 Å². The van der Waals surface area contributed by atoms with E-state index < -0.39 is 0 Å². The number of carbonyl (C=O) groups is 2. The van der Waals surface area contributed by atoms with Gasteiger partial charge < -0.3 is 19.9 Å². The number of hydrogen-bond donors (Lipinski definition) is 1.